The number of rotatable bonds is 3. The van der Waals surface area contributed by atoms with Crippen LogP contribution in [0.4, 0.5) is 15.8 Å². The first kappa shape index (κ1) is 13.2. The molecular weight excluding hydrogens is 271 g/mol. The van der Waals surface area contributed by atoms with Gasteiger partial charge in [-0.15, -0.1) is 11.3 Å². The van der Waals surface area contributed by atoms with E-state index in [1.807, 2.05) is 6.92 Å². The Balaban J connectivity index is 2.21. The van der Waals surface area contributed by atoms with Crippen molar-refractivity contribution in [2.24, 2.45) is 0 Å². The standard InChI is InChI=1S/C13H14ClFN2S/c1-7-3-4-13(18-7)8(2)17-12-6-10(15)9(14)5-11(12)16/h3-6,8,17H,16H2,1-2H3. The van der Waals surface area contributed by atoms with E-state index in [4.69, 9.17) is 17.3 Å². The highest BCUT2D eigenvalue weighted by atomic mass is 35.5. The molecule has 0 saturated carbocycles. The molecule has 2 nitrogen and oxygen atoms in total. The SMILES string of the molecule is Cc1ccc(C(C)Nc2cc(F)c(Cl)cc2N)s1. The van der Waals surface area contributed by atoms with Gasteiger partial charge in [0.1, 0.15) is 5.82 Å². The van der Waals surface area contributed by atoms with Crippen LogP contribution in [0.25, 0.3) is 0 Å². The summed E-state index contributed by atoms with van der Waals surface area (Å²) in [5.41, 5.74) is 6.82. The van der Waals surface area contributed by atoms with Gasteiger partial charge < -0.3 is 11.1 Å². The van der Waals surface area contributed by atoms with E-state index in [0.717, 1.165) is 0 Å². The Labute approximate surface area is 115 Å². The fourth-order valence-electron chi connectivity index (χ4n) is 1.68. The third-order valence-electron chi connectivity index (χ3n) is 2.65. The molecule has 3 N–H and O–H groups in total. The zero-order valence-corrected chi connectivity index (χ0v) is 11.7. The lowest BCUT2D eigenvalue weighted by Gasteiger charge is -2.16. The largest absolute Gasteiger partial charge is 0.397 e. The molecule has 2 aromatic rings. The lowest BCUT2D eigenvalue weighted by Crippen LogP contribution is -2.07. The van der Waals surface area contributed by atoms with Gasteiger partial charge >= 0.3 is 0 Å². The summed E-state index contributed by atoms with van der Waals surface area (Å²) in [4.78, 5) is 2.43. The zero-order chi connectivity index (χ0) is 13.3. The maximum Gasteiger partial charge on any atom is 0.143 e. The van der Waals surface area contributed by atoms with Gasteiger partial charge in [-0.1, -0.05) is 11.6 Å². The van der Waals surface area contributed by atoms with Crippen LogP contribution in [0.2, 0.25) is 5.02 Å². The zero-order valence-electron chi connectivity index (χ0n) is 10.1. The van der Waals surface area contributed by atoms with Gasteiger partial charge in [0.05, 0.1) is 22.4 Å². The molecule has 1 heterocycles. The van der Waals surface area contributed by atoms with Crippen LogP contribution in [0.1, 0.15) is 22.7 Å². The molecule has 0 fully saturated rings. The monoisotopic (exact) mass is 284 g/mol. The molecule has 0 radical (unpaired) electrons. The highest BCUT2D eigenvalue weighted by Gasteiger charge is 2.11. The van der Waals surface area contributed by atoms with Crippen LogP contribution in [0.5, 0.6) is 0 Å². The number of hydrogen-bond acceptors (Lipinski definition) is 3. The van der Waals surface area contributed by atoms with Crippen LogP contribution in [0.3, 0.4) is 0 Å². The second-order valence-corrected chi connectivity index (χ2v) is 5.89. The Bertz CT molecular complexity index is 568. The van der Waals surface area contributed by atoms with Crippen molar-refractivity contribution in [2.75, 3.05) is 11.1 Å². The molecule has 1 atom stereocenters. The molecule has 0 aliphatic rings. The van der Waals surface area contributed by atoms with Crippen molar-refractivity contribution in [3.8, 4) is 0 Å². The Morgan fingerprint density at radius 1 is 1.39 bits per heavy atom. The number of nitrogens with one attached hydrogen (secondary N) is 1. The fourth-order valence-corrected chi connectivity index (χ4v) is 2.73. The smallest absolute Gasteiger partial charge is 0.143 e. The summed E-state index contributed by atoms with van der Waals surface area (Å²) < 4.78 is 13.4. The van der Waals surface area contributed by atoms with E-state index in [2.05, 4.69) is 24.4 Å². The Morgan fingerprint density at radius 3 is 2.72 bits per heavy atom. The van der Waals surface area contributed by atoms with Crippen molar-refractivity contribution in [1.29, 1.82) is 0 Å². The number of anilines is 2. The lowest BCUT2D eigenvalue weighted by atomic mass is 10.2. The summed E-state index contributed by atoms with van der Waals surface area (Å²) in [5, 5.41) is 3.23. The molecule has 1 unspecified atom stereocenters. The van der Waals surface area contributed by atoms with Crippen LogP contribution in [-0.2, 0) is 0 Å². The minimum absolute atomic E-state index is 0.0395. The number of nitrogens with two attached hydrogens (primary N) is 1. The summed E-state index contributed by atoms with van der Waals surface area (Å²) >= 11 is 7.37. The maximum absolute atomic E-state index is 13.4. The van der Waals surface area contributed by atoms with Gasteiger partial charge in [-0.3, -0.25) is 0 Å². The highest BCUT2D eigenvalue weighted by molar-refractivity contribution is 7.12. The molecule has 2 rings (SSSR count). The predicted molar refractivity (Wildman–Crippen MR) is 76.9 cm³/mol. The Kier molecular flexibility index (Phi) is 3.78. The van der Waals surface area contributed by atoms with E-state index in [-0.39, 0.29) is 11.1 Å². The topological polar surface area (TPSA) is 38.0 Å². The second kappa shape index (κ2) is 5.16. The van der Waals surface area contributed by atoms with Crippen LogP contribution < -0.4 is 11.1 Å². The van der Waals surface area contributed by atoms with Crippen molar-refractivity contribution in [3.05, 3.63) is 44.9 Å². The molecule has 1 aromatic heterocycles. The summed E-state index contributed by atoms with van der Waals surface area (Å²) in [6, 6.07) is 6.94. The van der Waals surface area contributed by atoms with Crippen molar-refractivity contribution in [3.63, 3.8) is 0 Å². The summed E-state index contributed by atoms with van der Waals surface area (Å²) in [6.45, 7) is 4.06. The van der Waals surface area contributed by atoms with E-state index < -0.39 is 5.82 Å². The number of halogens is 2. The van der Waals surface area contributed by atoms with Crippen molar-refractivity contribution < 1.29 is 4.39 Å². The first-order chi connectivity index (χ1) is 8.47. The van der Waals surface area contributed by atoms with E-state index in [9.17, 15) is 4.39 Å². The van der Waals surface area contributed by atoms with Gasteiger partial charge in [0.15, 0.2) is 0 Å². The number of thiophene rings is 1. The molecule has 0 amide bonds. The summed E-state index contributed by atoms with van der Waals surface area (Å²) in [5.74, 6) is -0.470. The second-order valence-electron chi connectivity index (χ2n) is 4.17. The molecular formula is C13H14ClFN2S. The van der Waals surface area contributed by atoms with E-state index >= 15 is 0 Å². The average Bonchev–Trinajstić information content (AvgIpc) is 2.73. The molecule has 0 spiro atoms. The molecule has 5 heteroatoms. The summed E-state index contributed by atoms with van der Waals surface area (Å²) in [7, 11) is 0. The molecule has 0 bridgehead atoms. The highest BCUT2D eigenvalue weighted by Crippen LogP contribution is 2.31. The molecule has 1 aromatic carbocycles. The quantitative estimate of drug-likeness (QED) is 0.808. The fraction of sp³-hybridized carbons (Fsp3) is 0.231. The van der Waals surface area contributed by atoms with Gasteiger partial charge in [-0.2, -0.15) is 0 Å². The van der Waals surface area contributed by atoms with Crippen molar-refractivity contribution >= 4 is 34.3 Å². The average molecular weight is 285 g/mol. The van der Waals surface area contributed by atoms with Crippen molar-refractivity contribution in [1.82, 2.24) is 0 Å². The Hall–Kier alpha value is -1.26. The summed E-state index contributed by atoms with van der Waals surface area (Å²) in [6.07, 6.45) is 0. The first-order valence-electron chi connectivity index (χ1n) is 5.54. The lowest BCUT2D eigenvalue weighted by molar-refractivity contribution is 0.628. The van der Waals surface area contributed by atoms with E-state index in [1.165, 1.54) is 21.9 Å². The Morgan fingerprint density at radius 2 is 2.11 bits per heavy atom. The van der Waals surface area contributed by atoms with Gasteiger partial charge in [0, 0.05) is 15.8 Å². The van der Waals surface area contributed by atoms with E-state index in [0.29, 0.717) is 11.4 Å². The first-order valence-corrected chi connectivity index (χ1v) is 6.74. The molecule has 96 valence electrons. The third kappa shape index (κ3) is 2.76. The molecule has 0 aliphatic carbocycles. The molecule has 18 heavy (non-hydrogen) atoms. The van der Waals surface area contributed by atoms with Gasteiger partial charge in [-0.25, -0.2) is 4.39 Å². The van der Waals surface area contributed by atoms with Crippen LogP contribution in [0.15, 0.2) is 24.3 Å². The maximum atomic E-state index is 13.4. The minimum atomic E-state index is -0.470. The van der Waals surface area contributed by atoms with Crippen LogP contribution >= 0.6 is 22.9 Å². The van der Waals surface area contributed by atoms with Gasteiger partial charge in [0.2, 0.25) is 0 Å². The van der Waals surface area contributed by atoms with Crippen molar-refractivity contribution in [2.45, 2.75) is 19.9 Å². The third-order valence-corrected chi connectivity index (χ3v) is 4.13. The van der Waals surface area contributed by atoms with Gasteiger partial charge in [0.25, 0.3) is 0 Å². The minimum Gasteiger partial charge on any atom is -0.397 e. The number of nitrogen functional groups attached to an aromatic ring is 1. The van der Waals surface area contributed by atoms with Crippen LogP contribution in [0, 0.1) is 12.7 Å². The molecule has 0 saturated heterocycles. The van der Waals surface area contributed by atoms with E-state index in [1.54, 1.807) is 11.3 Å². The number of hydrogen-bond donors (Lipinski definition) is 2. The number of aryl methyl sites for hydroxylation is 1. The van der Waals surface area contributed by atoms with Crippen LogP contribution in [-0.4, -0.2) is 0 Å². The normalized spacial score (nSPS) is 12.4. The van der Waals surface area contributed by atoms with Gasteiger partial charge in [-0.05, 0) is 32.0 Å². The number of benzene rings is 1. The predicted octanol–water partition coefficient (Wildman–Crippen LogP) is 4.60. The molecule has 0 aliphatic heterocycles.